The Labute approximate surface area is 78.8 Å². The second-order valence-corrected chi connectivity index (χ2v) is 3.00. The molecule has 1 aromatic carbocycles. The van der Waals surface area contributed by atoms with Crippen LogP contribution in [0.15, 0.2) is 23.0 Å². The van der Waals surface area contributed by atoms with Gasteiger partial charge in [-0.3, -0.25) is 9.48 Å². The van der Waals surface area contributed by atoms with Crippen molar-refractivity contribution in [3.63, 3.8) is 0 Å². The first-order valence-corrected chi connectivity index (χ1v) is 4.01. The Morgan fingerprint density at radius 1 is 1.50 bits per heavy atom. The largest absolute Gasteiger partial charge is 0.379 e. The minimum absolute atomic E-state index is 0.0772. The zero-order valence-corrected chi connectivity index (χ0v) is 7.49. The van der Waals surface area contributed by atoms with Gasteiger partial charge in [0.15, 0.2) is 5.82 Å². The first-order valence-electron chi connectivity index (χ1n) is 4.01. The van der Waals surface area contributed by atoms with Gasteiger partial charge in [0.25, 0.3) is 0 Å². The van der Waals surface area contributed by atoms with Gasteiger partial charge < -0.3 is 5.73 Å². The number of aryl methyl sites for hydroxylation is 1. The number of nitrogens with two attached hydrogens (primary N) is 1. The summed E-state index contributed by atoms with van der Waals surface area (Å²) in [5.41, 5.74) is 5.46. The van der Waals surface area contributed by atoms with Gasteiger partial charge in [0.05, 0.1) is 10.9 Å². The lowest BCUT2D eigenvalue weighted by Crippen LogP contribution is -2.16. The Morgan fingerprint density at radius 3 is 2.93 bits per heavy atom. The molecule has 0 radical (unpaired) electrons. The number of hydrogen-bond acceptors (Lipinski definition) is 3. The summed E-state index contributed by atoms with van der Waals surface area (Å²) in [5.74, 6) is -0.481. The van der Waals surface area contributed by atoms with Crippen molar-refractivity contribution >= 4 is 16.7 Å². The molecule has 2 rings (SSSR count). The maximum absolute atomic E-state index is 12.9. The van der Waals surface area contributed by atoms with Crippen molar-refractivity contribution in [2.45, 2.75) is 0 Å². The lowest BCUT2D eigenvalue weighted by Gasteiger charge is -2.04. The number of fused-ring (bicyclic) bond motifs is 1. The highest BCUT2D eigenvalue weighted by atomic mass is 19.1. The first-order chi connectivity index (χ1) is 6.59. The molecule has 4 nitrogen and oxygen atoms in total. The van der Waals surface area contributed by atoms with Gasteiger partial charge in [0.2, 0.25) is 5.43 Å². The van der Waals surface area contributed by atoms with Crippen molar-refractivity contribution in [3.8, 4) is 0 Å². The number of halogens is 1. The molecule has 2 N–H and O–H groups in total. The molecule has 5 heteroatoms. The first kappa shape index (κ1) is 8.68. The molecule has 2 aromatic rings. The van der Waals surface area contributed by atoms with E-state index in [1.165, 1.54) is 22.9 Å². The summed E-state index contributed by atoms with van der Waals surface area (Å²) in [6.45, 7) is 0. The molecule has 1 heterocycles. The highest BCUT2D eigenvalue weighted by molar-refractivity contribution is 5.80. The second-order valence-electron chi connectivity index (χ2n) is 3.00. The molecule has 0 aliphatic heterocycles. The standard InChI is InChI=1S/C9H8FN3O/c1-13-7-4-5(10)2-3-6(7)8(14)9(11)12-13/h2-4H,1H3,(H2,11,12). The van der Waals surface area contributed by atoms with Gasteiger partial charge in [-0.05, 0) is 18.2 Å². The van der Waals surface area contributed by atoms with E-state index in [0.29, 0.717) is 10.9 Å². The van der Waals surface area contributed by atoms with E-state index < -0.39 is 5.82 Å². The summed E-state index contributed by atoms with van der Waals surface area (Å²) in [7, 11) is 1.61. The zero-order valence-electron chi connectivity index (χ0n) is 7.49. The number of aromatic nitrogens is 2. The van der Waals surface area contributed by atoms with Gasteiger partial charge in [0, 0.05) is 7.05 Å². The fourth-order valence-electron chi connectivity index (χ4n) is 1.36. The van der Waals surface area contributed by atoms with Gasteiger partial charge in [-0.25, -0.2) is 4.39 Å². The summed E-state index contributed by atoms with van der Waals surface area (Å²) >= 11 is 0. The number of nitrogen functional groups attached to an aromatic ring is 1. The Bertz CT molecular complexity index is 562. The van der Waals surface area contributed by atoms with Crippen molar-refractivity contribution < 1.29 is 4.39 Å². The third-order valence-electron chi connectivity index (χ3n) is 2.04. The van der Waals surface area contributed by atoms with Crippen LogP contribution in [0.2, 0.25) is 0 Å². The van der Waals surface area contributed by atoms with Crippen LogP contribution in [0.3, 0.4) is 0 Å². The molecule has 0 aliphatic rings. The average molecular weight is 193 g/mol. The Balaban J connectivity index is 3.02. The van der Waals surface area contributed by atoms with E-state index in [0.717, 1.165) is 0 Å². The van der Waals surface area contributed by atoms with Gasteiger partial charge in [0.1, 0.15) is 5.82 Å². The van der Waals surface area contributed by atoms with Crippen LogP contribution in [0.25, 0.3) is 10.9 Å². The fraction of sp³-hybridized carbons (Fsp3) is 0.111. The molecular formula is C9H8FN3O. The molecule has 14 heavy (non-hydrogen) atoms. The van der Waals surface area contributed by atoms with Gasteiger partial charge in [-0.1, -0.05) is 0 Å². The third kappa shape index (κ3) is 1.14. The molecule has 72 valence electrons. The normalized spacial score (nSPS) is 10.7. The number of nitrogens with zero attached hydrogens (tertiary/aromatic N) is 2. The van der Waals surface area contributed by atoms with Gasteiger partial charge >= 0.3 is 0 Å². The van der Waals surface area contributed by atoms with E-state index in [-0.39, 0.29) is 11.2 Å². The van der Waals surface area contributed by atoms with E-state index in [2.05, 4.69) is 5.10 Å². The van der Waals surface area contributed by atoms with E-state index in [4.69, 9.17) is 5.73 Å². The Hall–Kier alpha value is -1.91. The summed E-state index contributed by atoms with van der Waals surface area (Å²) in [5, 5.41) is 4.13. The van der Waals surface area contributed by atoms with Crippen LogP contribution in [0.5, 0.6) is 0 Å². The third-order valence-corrected chi connectivity index (χ3v) is 2.04. The average Bonchev–Trinajstić information content (AvgIpc) is 2.14. The predicted octanol–water partition coefficient (Wildman–Crippen LogP) is 0.655. The van der Waals surface area contributed by atoms with Crippen molar-refractivity contribution in [3.05, 3.63) is 34.2 Å². The summed E-state index contributed by atoms with van der Waals surface area (Å²) in [6, 6.07) is 3.89. The van der Waals surface area contributed by atoms with E-state index in [9.17, 15) is 9.18 Å². The molecule has 0 spiro atoms. The number of rotatable bonds is 0. The topological polar surface area (TPSA) is 60.9 Å². The molecule has 1 aromatic heterocycles. The maximum atomic E-state index is 12.9. The highest BCUT2D eigenvalue weighted by Crippen LogP contribution is 2.11. The minimum atomic E-state index is -0.404. The molecular weight excluding hydrogens is 185 g/mol. The summed E-state index contributed by atoms with van der Waals surface area (Å²) in [4.78, 5) is 11.5. The van der Waals surface area contributed by atoms with Crippen molar-refractivity contribution in [2.75, 3.05) is 5.73 Å². The van der Waals surface area contributed by atoms with Crippen LogP contribution in [0.1, 0.15) is 0 Å². The zero-order chi connectivity index (χ0) is 10.3. The van der Waals surface area contributed by atoms with Crippen LogP contribution < -0.4 is 11.2 Å². The monoisotopic (exact) mass is 193 g/mol. The Morgan fingerprint density at radius 2 is 2.21 bits per heavy atom. The van der Waals surface area contributed by atoms with E-state index >= 15 is 0 Å². The van der Waals surface area contributed by atoms with Crippen LogP contribution in [0.4, 0.5) is 10.2 Å². The van der Waals surface area contributed by atoms with Crippen LogP contribution >= 0.6 is 0 Å². The molecule has 0 aliphatic carbocycles. The quantitative estimate of drug-likeness (QED) is 0.668. The molecule has 0 saturated carbocycles. The van der Waals surface area contributed by atoms with Crippen LogP contribution in [-0.4, -0.2) is 9.78 Å². The van der Waals surface area contributed by atoms with E-state index in [1.54, 1.807) is 7.05 Å². The smallest absolute Gasteiger partial charge is 0.231 e. The summed E-state index contributed by atoms with van der Waals surface area (Å²) < 4.78 is 14.3. The molecule has 0 amide bonds. The molecule has 0 fully saturated rings. The van der Waals surface area contributed by atoms with Gasteiger partial charge in [-0.15, -0.1) is 0 Å². The van der Waals surface area contributed by atoms with E-state index in [1.807, 2.05) is 0 Å². The lowest BCUT2D eigenvalue weighted by atomic mass is 10.2. The number of hydrogen-bond donors (Lipinski definition) is 1. The van der Waals surface area contributed by atoms with Crippen molar-refractivity contribution in [2.24, 2.45) is 7.05 Å². The highest BCUT2D eigenvalue weighted by Gasteiger charge is 2.06. The fourth-order valence-corrected chi connectivity index (χ4v) is 1.36. The SMILES string of the molecule is Cn1nc(N)c(=O)c2ccc(F)cc21. The maximum Gasteiger partial charge on any atom is 0.231 e. The van der Waals surface area contributed by atoms with Gasteiger partial charge in [-0.2, -0.15) is 5.10 Å². The minimum Gasteiger partial charge on any atom is -0.379 e. The Kier molecular flexibility index (Phi) is 1.73. The lowest BCUT2D eigenvalue weighted by molar-refractivity contribution is 0.627. The predicted molar refractivity (Wildman–Crippen MR) is 51.4 cm³/mol. The van der Waals surface area contributed by atoms with Crippen molar-refractivity contribution in [1.82, 2.24) is 9.78 Å². The number of anilines is 1. The second kappa shape index (κ2) is 2.80. The molecule has 0 bridgehead atoms. The van der Waals surface area contributed by atoms with Crippen molar-refractivity contribution in [1.29, 1.82) is 0 Å². The van der Waals surface area contributed by atoms with Crippen LogP contribution in [-0.2, 0) is 7.05 Å². The van der Waals surface area contributed by atoms with Crippen LogP contribution in [0, 0.1) is 5.82 Å². The molecule has 0 saturated heterocycles. The molecule has 0 unspecified atom stereocenters. The summed E-state index contributed by atoms with van der Waals surface area (Å²) in [6.07, 6.45) is 0. The number of benzene rings is 1. The molecule has 0 atom stereocenters.